The number of benzene rings is 2. The normalized spacial score (nSPS) is 12.1. The number of thioether (sulfide) groups is 1. The Morgan fingerprint density at radius 2 is 2.04 bits per heavy atom. The van der Waals surface area contributed by atoms with Crippen LogP contribution in [-0.2, 0) is 17.6 Å². The summed E-state index contributed by atoms with van der Waals surface area (Å²) in [5.74, 6) is 2.11. The van der Waals surface area contributed by atoms with Gasteiger partial charge in [-0.2, -0.15) is 0 Å². The van der Waals surface area contributed by atoms with E-state index in [0.29, 0.717) is 5.75 Å². The number of rotatable bonds is 6. The number of aryl methyl sites for hydroxylation is 1. The molecule has 1 aliphatic heterocycles. The molecule has 144 valence electrons. The van der Waals surface area contributed by atoms with E-state index in [4.69, 9.17) is 4.74 Å². The van der Waals surface area contributed by atoms with Crippen LogP contribution in [0.5, 0.6) is 5.75 Å². The number of ether oxygens (including phenoxy) is 1. The van der Waals surface area contributed by atoms with Crippen LogP contribution in [0.1, 0.15) is 25.0 Å². The molecular formula is C22H26FNO2S. The first-order valence-corrected chi connectivity index (χ1v) is 10.3. The molecule has 2 aromatic rings. The minimum absolute atomic E-state index is 0.0300. The predicted molar refractivity (Wildman–Crippen MR) is 112 cm³/mol. The number of carbonyl (C=O) groups is 1. The molecule has 2 aromatic carbocycles. The van der Waals surface area contributed by atoms with Crippen LogP contribution in [0.3, 0.4) is 0 Å². The zero-order valence-corrected chi connectivity index (χ0v) is 16.7. The Balaban J connectivity index is 0.000000244. The molecule has 0 unspecified atom stereocenters. The SMILES string of the molecule is C/C=C/CSCC(=O)Nc1ccc2c(c1)OCC2.CCc1ccc(F)cc1. The second-order valence-corrected chi connectivity index (χ2v) is 7.06. The largest absolute Gasteiger partial charge is 0.493 e. The number of carbonyl (C=O) groups excluding carboxylic acids is 1. The summed E-state index contributed by atoms with van der Waals surface area (Å²) >= 11 is 1.60. The van der Waals surface area contributed by atoms with E-state index in [1.807, 2.05) is 44.2 Å². The van der Waals surface area contributed by atoms with Gasteiger partial charge in [0.15, 0.2) is 0 Å². The lowest BCUT2D eigenvalue weighted by Gasteiger charge is -2.06. The molecule has 0 saturated carbocycles. The van der Waals surface area contributed by atoms with Crippen molar-refractivity contribution < 1.29 is 13.9 Å². The van der Waals surface area contributed by atoms with Crippen LogP contribution < -0.4 is 10.1 Å². The van der Waals surface area contributed by atoms with E-state index in [1.54, 1.807) is 23.9 Å². The lowest BCUT2D eigenvalue weighted by molar-refractivity contribution is -0.113. The van der Waals surface area contributed by atoms with Crippen molar-refractivity contribution in [3.63, 3.8) is 0 Å². The van der Waals surface area contributed by atoms with Gasteiger partial charge >= 0.3 is 0 Å². The molecule has 0 saturated heterocycles. The third-order valence-electron chi connectivity index (χ3n) is 3.98. The highest BCUT2D eigenvalue weighted by Crippen LogP contribution is 2.28. The van der Waals surface area contributed by atoms with Gasteiger partial charge < -0.3 is 10.1 Å². The second-order valence-electron chi connectivity index (χ2n) is 6.03. The van der Waals surface area contributed by atoms with Crippen molar-refractivity contribution in [2.45, 2.75) is 26.7 Å². The summed E-state index contributed by atoms with van der Waals surface area (Å²) in [5, 5.41) is 2.88. The Kier molecular flexibility index (Phi) is 8.92. The number of allylic oxidation sites excluding steroid dienone is 1. The van der Waals surface area contributed by atoms with Gasteiger partial charge in [-0.3, -0.25) is 4.79 Å². The van der Waals surface area contributed by atoms with Gasteiger partial charge in [-0.15, -0.1) is 11.8 Å². The quantitative estimate of drug-likeness (QED) is 0.543. The molecule has 0 spiro atoms. The van der Waals surface area contributed by atoms with E-state index < -0.39 is 0 Å². The molecule has 0 aliphatic carbocycles. The van der Waals surface area contributed by atoms with Crippen molar-refractivity contribution in [2.24, 2.45) is 0 Å². The number of hydrogen-bond donors (Lipinski definition) is 1. The van der Waals surface area contributed by atoms with Crippen LogP contribution in [0.15, 0.2) is 54.6 Å². The second kappa shape index (κ2) is 11.4. The van der Waals surface area contributed by atoms with Crippen molar-refractivity contribution in [3.8, 4) is 5.75 Å². The lowest BCUT2D eigenvalue weighted by Crippen LogP contribution is -2.14. The molecule has 3 nitrogen and oxygen atoms in total. The molecule has 1 N–H and O–H groups in total. The monoisotopic (exact) mass is 387 g/mol. The van der Waals surface area contributed by atoms with Crippen molar-refractivity contribution >= 4 is 23.4 Å². The predicted octanol–water partition coefficient (Wildman–Crippen LogP) is 5.26. The number of hydrogen-bond acceptors (Lipinski definition) is 3. The Morgan fingerprint density at radius 3 is 2.74 bits per heavy atom. The van der Waals surface area contributed by atoms with Crippen LogP contribution >= 0.6 is 11.8 Å². The molecule has 1 amide bonds. The van der Waals surface area contributed by atoms with Gasteiger partial charge in [0.2, 0.25) is 5.91 Å². The molecule has 1 heterocycles. The van der Waals surface area contributed by atoms with E-state index in [9.17, 15) is 9.18 Å². The molecule has 0 atom stereocenters. The first-order valence-electron chi connectivity index (χ1n) is 9.11. The molecule has 0 bridgehead atoms. The van der Waals surface area contributed by atoms with Crippen molar-refractivity contribution in [1.82, 2.24) is 0 Å². The molecular weight excluding hydrogens is 361 g/mol. The highest BCUT2D eigenvalue weighted by Gasteiger charge is 2.12. The van der Waals surface area contributed by atoms with Gasteiger partial charge in [0, 0.05) is 23.9 Å². The number of nitrogens with one attached hydrogen (secondary N) is 1. The van der Waals surface area contributed by atoms with Crippen LogP contribution in [0.25, 0.3) is 0 Å². The van der Waals surface area contributed by atoms with Crippen LogP contribution in [0.2, 0.25) is 0 Å². The van der Waals surface area contributed by atoms with E-state index in [1.165, 1.54) is 23.3 Å². The summed E-state index contributed by atoms with van der Waals surface area (Å²) in [6, 6.07) is 12.4. The third-order valence-corrected chi connectivity index (χ3v) is 4.88. The minimum Gasteiger partial charge on any atom is -0.493 e. The summed E-state index contributed by atoms with van der Waals surface area (Å²) in [6.45, 7) is 4.77. The van der Waals surface area contributed by atoms with E-state index in [2.05, 4.69) is 5.32 Å². The number of amides is 1. The van der Waals surface area contributed by atoms with Gasteiger partial charge in [-0.1, -0.05) is 37.3 Å². The van der Waals surface area contributed by atoms with E-state index in [-0.39, 0.29) is 11.7 Å². The first-order chi connectivity index (χ1) is 13.1. The maximum absolute atomic E-state index is 12.2. The van der Waals surface area contributed by atoms with Crippen LogP contribution in [-0.4, -0.2) is 24.0 Å². The highest BCUT2D eigenvalue weighted by atomic mass is 32.2. The molecule has 27 heavy (non-hydrogen) atoms. The van der Waals surface area contributed by atoms with Crippen molar-refractivity contribution in [1.29, 1.82) is 0 Å². The Labute approximate surface area is 165 Å². The first kappa shape index (κ1) is 21.0. The van der Waals surface area contributed by atoms with Gasteiger partial charge in [0.1, 0.15) is 11.6 Å². The fourth-order valence-corrected chi connectivity index (χ4v) is 3.18. The van der Waals surface area contributed by atoms with E-state index in [0.717, 1.165) is 36.6 Å². The fraction of sp³-hybridized carbons (Fsp3) is 0.318. The molecule has 3 rings (SSSR count). The van der Waals surface area contributed by atoms with Crippen LogP contribution in [0.4, 0.5) is 10.1 Å². The van der Waals surface area contributed by atoms with Gasteiger partial charge in [0.25, 0.3) is 0 Å². The molecule has 0 radical (unpaired) electrons. The van der Waals surface area contributed by atoms with Gasteiger partial charge in [0.05, 0.1) is 12.4 Å². The fourth-order valence-electron chi connectivity index (χ4n) is 2.48. The standard InChI is InChI=1S/C14H17NO2S.C8H9F/c1-2-3-8-18-10-14(16)15-12-5-4-11-6-7-17-13(11)9-12;1-2-7-3-5-8(9)6-4-7/h2-5,9H,6-8,10H2,1H3,(H,15,16);3-6H,2H2,1H3/b3-2+;. The average molecular weight is 388 g/mol. The van der Waals surface area contributed by atoms with Crippen molar-refractivity contribution in [2.75, 3.05) is 23.4 Å². The van der Waals surface area contributed by atoms with Crippen molar-refractivity contribution in [3.05, 3.63) is 71.6 Å². The highest BCUT2D eigenvalue weighted by molar-refractivity contribution is 8.00. The minimum atomic E-state index is -0.160. The Hall–Kier alpha value is -2.27. The zero-order chi connectivity index (χ0) is 19.5. The van der Waals surface area contributed by atoms with Crippen LogP contribution in [0, 0.1) is 5.82 Å². The molecule has 1 aliphatic rings. The topological polar surface area (TPSA) is 38.3 Å². The summed E-state index contributed by atoms with van der Waals surface area (Å²) in [7, 11) is 0. The third kappa shape index (κ3) is 7.47. The lowest BCUT2D eigenvalue weighted by atomic mass is 10.1. The summed E-state index contributed by atoms with van der Waals surface area (Å²) in [4.78, 5) is 11.7. The number of anilines is 1. The maximum Gasteiger partial charge on any atom is 0.234 e. The Morgan fingerprint density at radius 1 is 1.26 bits per heavy atom. The maximum atomic E-state index is 12.2. The molecule has 0 fully saturated rings. The number of halogens is 1. The molecule has 0 aromatic heterocycles. The van der Waals surface area contributed by atoms with E-state index >= 15 is 0 Å². The number of fused-ring (bicyclic) bond motifs is 1. The van der Waals surface area contributed by atoms with Gasteiger partial charge in [-0.05, 0) is 42.7 Å². The zero-order valence-electron chi connectivity index (χ0n) is 15.8. The van der Waals surface area contributed by atoms with Gasteiger partial charge in [-0.25, -0.2) is 4.39 Å². The summed E-state index contributed by atoms with van der Waals surface area (Å²) in [6.07, 6.45) is 5.97. The molecule has 5 heteroatoms. The Bertz CT molecular complexity index is 759. The smallest absolute Gasteiger partial charge is 0.234 e. The summed E-state index contributed by atoms with van der Waals surface area (Å²) < 4.78 is 17.7. The average Bonchev–Trinajstić information content (AvgIpc) is 3.14. The summed E-state index contributed by atoms with van der Waals surface area (Å²) in [5.41, 5.74) is 3.21.